The Morgan fingerprint density at radius 1 is 1.22 bits per heavy atom. The highest BCUT2D eigenvalue weighted by molar-refractivity contribution is 4.91. The minimum atomic E-state index is -0.127. The molecule has 0 aromatic heterocycles. The van der Waals surface area contributed by atoms with Crippen molar-refractivity contribution in [3.63, 3.8) is 0 Å². The number of aliphatic hydroxyl groups is 1. The number of aliphatic hydroxyl groups excluding tert-OH is 1. The second-order valence-corrected chi connectivity index (χ2v) is 7.10. The van der Waals surface area contributed by atoms with E-state index >= 15 is 0 Å². The summed E-state index contributed by atoms with van der Waals surface area (Å²) in [6.07, 6.45) is 4.34. The van der Waals surface area contributed by atoms with Crippen molar-refractivity contribution in [1.29, 1.82) is 0 Å². The van der Waals surface area contributed by atoms with Crippen LogP contribution in [0, 0.1) is 11.3 Å². The summed E-state index contributed by atoms with van der Waals surface area (Å²) in [7, 11) is 0. The number of nitrogens with zero attached hydrogens (tertiary/aromatic N) is 1. The number of hydrogen-bond donors (Lipinski definition) is 1. The maximum absolute atomic E-state index is 10.4. The molecular weight excluding hydrogens is 222 g/mol. The third kappa shape index (κ3) is 3.71. The van der Waals surface area contributed by atoms with Crippen LogP contribution in [0.15, 0.2) is 0 Å². The van der Waals surface area contributed by atoms with Crippen molar-refractivity contribution in [3.05, 3.63) is 0 Å². The van der Waals surface area contributed by atoms with Crippen molar-refractivity contribution in [2.45, 2.75) is 85.4 Å². The van der Waals surface area contributed by atoms with Gasteiger partial charge in [0.1, 0.15) is 0 Å². The second-order valence-electron chi connectivity index (χ2n) is 7.10. The molecule has 18 heavy (non-hydrogen) atoms. The molecule has 0 saturated heterocycles. The van der Waals surface area contributed by atoms with Crippen LogP contribution < -0.4 is 0 Å². The van der Waals surface area contributed by atoms with Crippen molar-refractivity contribution in [2.24, 2.45) is 11.3 Å². The molecule has 4 atom stereocenters. The van der Waals surface area contributed by atoms with Gasteiger partial charge in [-0.15, -0.1) is 0 Å². The Hall–Kier alpha value is -0.0800. The fraction of sp³-hybridized carbons (Fsp3) is 1.00. The lowest BCUT2D eigenvalue weighted by Gasteiger charge is -2.46. The molecule has 1 aliphatic carbocycles. The van der Waals surface area contributed by atoms with Crippen molar-refractivity contribution >= 4 is 0 Å². The summed E-state index contributed by atoms with van der Waals surface area (Å²) in [4.78, 5) is 2.52. The predicted molar refractivity (Wildman–Crippen MR) is 78.7 cm³/mol. The van der Waals surface area contributed by atoms with Crippen LogP contribution in [0.2, 0.25) is 0 Å². The van der Waals surface area contributed by atoms with Gasteiger partial charge in [-0.25, -0.2) is 0 Å². The fourth-order valence-electron chi connectivity index (χ4n) is 3.38. The highest BCUT2D eigenvalue weighted by Crippen LogP contribution is 2.39. The third-order valence-electron chi connectivity index (χ3n) is 4.95. The van der Waals surface area contributed by atoms with Crippen LogP contribution in [0.3, 0.4) is 0 Å². The Morgan fingerprint density at radius 2 is 1.83 bits per heavy atom. The smallest absolute Gasteiger partial charge is 0.0695 e. The highest BCUT2D eigenvalue weighted by Gasteiger charge is 2.38. The van der Waals surface area contributed by atoms with E-state index in [-0.39, 0.29) is 6.10 Å². The molecule has 0 aromatic rings. The van der Waals surface area contributed by atoms with E-state index in [2.05, 4.69) is 46.4 Å². The summed E-state index contributed by atoms with van der Waals surface area (Å²) >= 11 is 0. The first-order valence-electron chi connectivity index (χ1n) is 7.75. The van der Waals surface area contributed by atoms with E-state index in [1.165, 1.54) is 6.42 Å². The van der Waals surface area contributed by atoms with Gasteiger partial charge in [-0.05, 0) is 50.5 Å². The zero-order chi connectivity index (χ0) is 13.9. The molecule has 0 aliphatic heterocycles. The molecule has 4 unspecified atom stereocenters. The molecule has 0 radical (unpaired) electrons. The molecular formula is C16H33NO. The minimum absolute atomic E-state index is 0.127. The van der Waals surface area contributed by atoms with Crippen LogP contribution in [0.4, 0.5) is 0 Å². The van der Waals surface area contributed by atoms with Crippen molar-refractivity contribution in [3.8, 4) is 0 Å². The quantitative estimate of drug-likeness (QED) is 0.828. The van der Waals surface area contributed by atoms with Gasteiger partial charge in [0.05, 0.1) is 6.10 Å². The molecule has 2 heteroatoms. The lowest BCUT2D eigenvalue weighted by Crippen LogP contribution is -2.52. The number of rotatable bonds is 4. The first kappa shape index (κ1) is 16.0. The van der Waals surface area contributed by atoms with E-state index in [1.54, 1.807) is 0 Å². The molecule has 0 spiro atoms. The van der Waals surface area contributed by atoms with Crippen LogP contribution in [0.5, 0.6) is 0 Å². The van der Waals surface area contributed by atoms with E-state index in [0.717, 1.165) is 31.7 Å². The van der Waals surface area contributed by atoms with Gasteiger partial charge in [-0.3, -0.25) is 4.90 Å². The maximum Gasteiger partial charge on any atom is 0.0695 e. The average molecular weight is 255 g/mol. The summed E-state index contributed by atoms with van der Waals surface area (Å²) in [6.45, 7) is 14.8. The maximum atomic E-state index is 10.4. The summed E-state index contributed by atoms with van der Waals surface area (Å²) < 4.78 is 0. The van der Waals surface area contributed by atoms with Crippen molar-refractivity contribution in [2.75, 3.05) is 6.54 Å². The standard InChI is InChI=1S/C16H33NO/c1-7-12(3)17(8-2)14-11-13(16(4,5)6)9-10-15(14)18/h12-15,18H,7-11H2,1-6H3. The summed E-state index contributed by atoms with van der Waals surface area (Å²) in [5.41, 5.74) is 0.368. The van der Waals surface area contributed by atoms with Gasteiger partial charge in [0, 0.05) is 12.1 Å². The van der Waals surface area contributed by atoms with Crippen LogP contribution in [0.25, 0.3) is 0 Å². The monoisotopic (exact) mass is 255 g/mol. The van der Waals surface area contributed by atoms with Crippen molar-refractivity contribution in [1.82, 2.24) is 4.90 Å². The lowest BCUT2D eigenvalue weighted by atomic mass is 9.69. The van der Waals surface area contributed by atoms with Crippen LogP contribution in [-0.4, -0.2) is 34.7 Å². The van der Waals surface area contributed by atoms with E-state index < -0.39 is 0 Å². The molecule has 108 valence electrons. The summed E-state index contributed by atoms with van der Waals surface area (Å²) in [5.74, 6) is 0.740. The Kier molecular flexibility index (Phi) is 5.67. The lowest BCUT2D eigenvalue weighted by molar-refractivity contribution is -0.0294. The zero-order valence-corrected chi connectivity index (χ0v) is 13.2. The molecule has 1 rings (SSSR count). The van der Waals surface area contributed by atoms with E-state index in [1.807, 2.05) is 0 Å². The second kappa shape index (κ2) is 6.38. The van der Waals surface area contributed by atoms with Gasteiger partial charge in [0.2, 0.25) is 0 Å². The predicted octanol–water partition coefficient (Wildman–Crippen LogP) is 3.68. The topological polar surface area (TPSA) is 23.5 Å². The van der Waals surface area contributed by atoms with Gasteiger partial charge in [0.15, 0.2) is 0 Å². The van der Waals surface area contributed by atoms with Gasteiger partial charge in [-0.1, -0.05) is 34.6 Å². The van der Waals surface area contributed by atoms with E-state index in [9.17, 15) is 5.11 Å². The molecule has 1 saturated carbocycles. The normalized spacial score (nSPS) is 31.7. The van der Waals surface area contributed by atoms with Crippen molar-refractivity contribution < 1.29 is 5.11 Å². The van der Waals surface area contributed by atoms with E-state index in [0.29, 0.717) is 17.5 Å². The number of likely N-dealkylation sites (N-methyl/N-ethyl adjacent to an activating group) is 1. The Morgan fingerprint density at radius 3 is 2.28 bits per heavy atom. The molecule has 1 aliphatic rings. The SMILES string of the molecule is CCC(C)N(CC)C1CC(C(C)(C)C)CCC1O. The molecule has 0 aromatic carbocycles. The molecule has 1 N–H and O–H groups in total. The number of hydrogen-bond acceptors (Lipinski definition) is 2. The highest BCUT2D eigenvalue weighted by atomic mass is 16.3. The molecule has 0 bridgehead atoms. The van der Waals surface area contributed by atoms with Crippen LogP contribution >= 0.6 is 0 Å². The Balaban J connectivity index is 2.77. The van der Waals surface area contributed by atoms with E-state index in [4.69, 9.17) is 0 Å². The van der Waals surface area contributed by atoms with Gasteiger partial charge in [0.25, 0.3) is 0 Å². The zero-order valence-electron chi connectivity index (χ0n) is 13.2. The minimum Gasteiger partial charge on any atom is -0.391 e. The average Bonchev–Trinajstić information content (AvgIpc) is 2.30. The Labute approximate surface area is 114 Å². The molecule has 0 heterocycles. The fourth-order valence-corrected chi connectivity index (χ4v) is 3.38. The van der Waals surface area contributed by atoms with Crippen LogP contribution in [0.1, 0.15) is 67.2 Å². The summed E-state index contributed by atoms with van der Waals surface area (Å²) in [6, 6.07) is 0.941. The third-order valence-corrected chi connectivity index (χ3v) is 4.95. The van der Waals surface area contributed by atoms with Gasteiger partial charge >= 0.3 is 0 Å². The van der Waals surface area contributed by atoms with Gasteiger partial charge < -0.3 is 5.11 Å². The molecule has 2 nitrogen and oxygen atoms in total. The largest absolute Gasteiger partial charge is 0.391 e. The first-order chi connectivity index (χ1) is 8.31. The molecule has 1 fully saturated rings. The van der Waals surface area contributed by atoms with Gasteiger partial charge in [-0.2, -0.15) is 0 Å². The summed E-state index contributed by atoms with van der Waals surface area (Å²) in [5, 5.41) is 10.4. The van der Waals surface area contributed by atoms with Crippen LogP contribution in [-0.2, 0) is 0 Å². The molecule has 0 amide bonds. The Bertz CT molecular complexity index is 246. The first-order valence-corrected chi connectivity index (χ1v) is 7.75.